The van der Waals surface area contributed by atoms with Crippen molar-refractivity contribution in [2.45, 2.75) is 32.7 Å². The number of amides is 1. The quantitative estimate of drug-likeness (QED) is 0.646. The standard InChI is InChI=1S/C23H23ClN4O2/c1-14-4-3-5-20(15(14)2)28-13-17(10-22(28)30)19-11-21(29)27-23(26-19)25-12-16-6-8-18(24)9-7-16/h3-9,11,17H,10,12-13H2,1-2H3,(H2,25,26,27,29)/t17-/m1/s1. The van der Waals surface area contributed by atoms with Gasteiger partial charge < -0.3 is 10.2 Å². The Balaban J connectivity index is 1.53. The molecule has 1 saturated heterocycles. The van der Waals surface area contributed by atoms with Gasteiger partial charge in [0, 0.05) is 42.2 Å². The van der Waals surface area contributed by atoms with Crippen molar-refractivity contribution in [3.63, 3.8) is 0 Å². The maximum atomic E-state index is 12.7. The zero-order chi connectivity index (χ0) is 21.3. The number of halogens is 1. The second-order valence-corrected chi connectivity index (χ2v) is 8.06. The fourth-order valence-electron chi connectivity index (χ4n) is 3.72. The monoisotopic (exact) mass is 422 g/mol. The van der Waals surface area contributed by atoms with E-state index in [2.05, 4.69) is 15.3 Å². The van der Waals surface area contributed by atoms with Gasteiger partial charge in [-0.3, -0.25) is 14.6 Å². The summed E-state index contributed by atoms with van der Waals surface area (Å²) in [6.45, 7) is 5.07. The Morgan fingerprint density at radius 1 is 1.17 bits per heavy atom. The zero-order valence-corrected chi connectivity index (χ0v) is 17.7. The van der Waals surface area contributed by atoms with E-state index in [4.69, 9.17) is 11.6 Å². The zero-order valence-electron chi connectivity index (χ0n) is 16.9. The first-order valence-electron chi connectivity index (χ1n) is 9.87. The van der Waals surface area contributed by atoms with E-state index in [1.54, 1.807) is 4.90 Å². The summed E-state index contributed by atoms with van der Waals surface area (Å²) in [6, 6.07) is 14.9. The SMILES string of the molecule is Cc1cccc(N2C[C@H](c3cc(=O)[nH]c(NCc4ccc(Cl)cc4)n3)CC2=O)c1C. The second-order valence-electron chi connectivity index (χ2n) is 7.62. The van der Waals surface area contributed by atoms with Crippen LogP contribution >= 0.6 is 11.6 Å². The number of rotatable bonds is 5. The molecule has 0 unspecified atom stereocenters. The van der Waals surface area contributed by atoms with Gasteiger partial charge in [-0.2, -0.15) is 0 Å². The van der Waals surface area contributed by atoms with Crippen LogP contribution in [0.3, 0.4) is 0 Å². The highest BCUT2D eigenvalue weighted by Gasteiger charge is 2.33. The first-order valence-corrected chi connectivity index (χ1v) is 10.2. The van der Waals surface area contributed by atoms with Crippen molar-refractivity contribution in [2.24, 2.45) is 0 Å². The molecule has 2 heterocycles. The Hall–Kier alpha value is -3.12. The molecular formula is C23H23ClN4O2. The summed E-state index contributed by atoms with van der Waals surface area (Å²) in [5.74, 6) is 0.312. The molecule has 0 spiro atoms. The highest BCUT2D eigenvalue weighted by Crippen LogP contribution is 2.33. The van der Waals surface area contributed by atoms with Crippen molar-refractivity contribution in [1.29, 1.82) is 0 Å². The van der Waals surface area contributed by atoms with Crippen molar-refractivity contribution in [1.82, 2.24) is 9.97 Å². The lowest BCUT2D eigenvalue weighted by Crippen LogP contribution is -2.25. The number of anilines is 2. The molecule has 0 bridgehead atoms. The normalized spacial score (nSPS) is 16.2. The number of carbonyl (C=O) groups excluding carboxylic acids is 1. The molecule has 0 radical (unpaired) electrons. The van der Waals surface area contributed by atoms with Crippen molar-refractivity contribution < 1.29 is 4.79 Å². The van der Waals surface area contributed by atoms with Crippen LogP contribution in [-0.2, 0) is 11.3 Å². The molecule has 154 valence electrons. The number of nitrogens with one attached hydrogen (secondary N) is 2. The van der Waals surface area contributed by atoms with E-state index in [0.717, 1.165) is 22.4 Å². The maximum Gasteiger partial charge on any atom is 0.252 e. The molecule has 30 heavy (non-hydrogen) atoms. The smallest absolute Gasteiger partial charge is 0.252 e. The number of benzene rings is 2. The van der Waals surface area contributed by atoms with Crippen LogP contribution in [0.15, 0.2) is 53.3 Å². The second kappa shape index (κ2) is 8.32. The Labute approximate surface area is 179 Å². The minimum Gasteiger partial charge on any atom is -0.352 e. The van der Waals surface area contributed by atoms with Crippen LogP contribution in [0.1, 0.15) is 34.7 Å². The molecule has 1 amide bonds. The van der Waals surface area contributed by atoms with Crippen molar-refractivity contribution in [3.8, 4) is 0 Å². The third kappa shape index (κ3) is 4.24. The molecule has 4 rings (SSSR count). The summed E-state index contributed by atoms with van der Waals surface area (Å²) in [4.78, 5) is 34.0. The summed E-state index contributed by atoms with van der Waals surface area (Å²) < 4.78 is 0. The number of H-pyrrole nitrogens is 1. The van der Waals surface area contributed by atoms with E-state index in [-0.39, 0.29) is 17.4 Å². The third-order valence-corrected chi connectivity index (χ3v) is 5.80. The summed E-state index contributed by atoms with van der Waals surface area (Å²) in [5.41, 5.74) is 4.56. The van der Waals surface area contributed by atoms with Gasteiger partial charge in [-0.15, -0.1) is 0 Å². The largest absolute Gasteiger partial charge is 0.352 e. The maximum absolute atomic E-state index is 12.7. The summed E-state index contributed by atoms with van der Waals surface area (Å²) >= 11 is 5.92. The molecule has 1 aliphatic rings. The Morgan fingerprint density at radius 2 is 1.93 bits per heavy atom. The summed E-state index contributed by atoms with van der Waals surface area (Å²) in [5, 5.41) is 3.82. The molecule has 1 fully saturated rings. The fraction of sp³-hybridized carbons (Fsp3) is 0.261. The number of aryl methyl sites for hydroxylation is 1. The minimum absolute atomic E-state index is 0.0476. The molecular weight excluding hydrogens is 400 g/mol. The van der Waals surface area contributed by atoms with Crippen molar-refractivity contribution in [3.05, 3.63) is 86.3 Å². The van der Waals surface area contributed by atoms with Gasteiger partial charge in [0.15, 0.2) is 0 Å². The van der Waals surface area contributed by atoms with Gasteiger partial charge in [-0.05, 0) is 48.7 Å². The molecule has 6 nitrogen and oxygen atoms in total. The molecule has 2 N–H and O–H groups in total. The lowest BCUT2D eigenvalue weighted by molar-refractivity contribution is -0.117. The van der Waals surface area contributed by atoms with Crippen LogP contribution in [-0.4, -0.2) is 22.4 Å². The number of nitrogens with zero attached hydrogens (tertiary/aromatic N) is 2. The third-order valence-electron chi connectivity index (χ3n) is 5.54. The lowest BCUT2D eigenvalue weighted by Gasteiger charge is -2.20. The average molecular weight is 423 g/mol. The van der Waals surface area contributed by atoms with E-state index in [1.807, 2.05) is 56.3 Å². The minimum atomic E-state index is -0.240. The van der Waals surface area contributed by atoms with Gasteiger partial charge in [0.2, 0.25) is 11.9 Å². The molecule has 0 aliphatic carbocycles. The van der Waals surface area contributed by atoms with Gasteiger partial charge in [-0.1, -0.05) is 35.9 Å². The molecule has 3 aromatic rings. The van der Waals surface area contributed by atoms with Crippen LogP contribution in [0, 0.1) is 13.8 Å². The van der Waals surface area contributed by atoms with Crippen LogP contribution in [0.4, 0.5) is 11.6 Å². The molecule has 1 aromatic heterocycles. The number of aromatic nitrogens is 2. The highest BCUT2D eigenvalue weighted by molar-refractivity contribution is 6.30. The highest BCUT2D eigenvalue weighted by atomic mass is 35.5. The van der Waals surface area contributed by atoms with Gasteiger partial charge in [-0.25, -0.2) is 4.98 Å². The summed E-state index contributed by atoms with van der Waals surface area (Å²) in [6.07, 6.45) is 0.334. The van der Waals surface area contributed by atoms with Gasteiger partial charge >= 0.3 is 0 Å². The number of carbonyl (C=O) groups is 1. The van der Waals surface area contributed by atoms with E-state index in [9.17, 15) is 9.59 Å². The molecule has 7 heteroatoms. The van der Waals surface area contributed by atoms with Gasteiger partial charge in [0.1, 0.15) is 0 Å². The van der Waals surface area contributed by atoms with Crippen LogP contribution in [0.2, 0.25) is 5.02 Å². The predicted octanol–water partition coefficient (Wildman–Crippen LogP) is 4.17. The Kier molecular flexibility index (Phi) is 5.59. The van der Waals surface area contributed by atoms with E-state index >= 15 is 0 Å². The van der Waals surface area contributed by atoms with Crippen LogP contribution in [0.25, 0.3) is 0 Å². The van der Waals surface area contributed by atoms with Gasteiger partial charge in [0.05, 0.1) is 5.69 Å². The van der Waals surface area contributed by atoms with Crippen molar-refractivity contribution >= 4 is 29.1 Å². The first-order chi connectivity index (χ1) is 14.4. The van der Waals surface area contributed by atoms with Crippen LogP contribution in [0.5, 0.6) is 0 Å². The van der Waals surface area contributed by atoms with E-state index in [0.29, 0.717) is 36.2 Å². The lowest BCUT2D eigenvalue weighted by atomic mass is 10.0. The fourth-order valence-corrected chi connectivity index (χ4v) is 3.85. The topological polar surface area (TPSA) is 78.1 Å². The van der Waals surface area contributed by atoms with Crippen LogP contribution < -0.4 is 15.8 Å². The van der Waals surface area contributed by atoms with Crippen molar-refractivity contribution in [2.75, 3.05) is 16.8 Å². The van der Waals surface area contributed by atoms with E-state index in [1.165, 1.54) is 6.07 Å². The molecule has 0 saturated carbocycles. The first kappa shape index (κ1) is 20.2. The summed E-state index contributed by atoms with van der Waals surface area (Å²) in [7, 11) is 0. The molecule has 2 aromatic carbocycles. The number of hydrogen-bond donors (Lipinski definition) is 2. The predicted molar refractivity (Wildman–Crippen MR) is 119 cm³/mol. The van der Waals surface area contributed by atoms with E-state index < -0.39 is 0 Å². The Morgan fingerprint density at radius 3 is 2.70 bits per heavy atom. The number of hydrogen-bond acceptors (Lipinski definition) is 4. The number of aromatic amines is 1. The Bertz CT molecular complexity index is 1140. The van der Waals surface area contributed by atoms with Gasteiger partial charge in [0.25, 0.3) is 5.56 Å². The average Bonchev–Trinajstić information content (AvgIpc) is 3.11. The molecule has 1 atom stereocenters. The molecule has 1 aliphatic heterocycles.